The SMILES string of the molecule is C[C@H](NC1CCSC1)c1cccc(Cl)c1. The molecule has 1 unspecified atom stereocenters. The van der Waals surface area contributed by atoms with E-state index in [-0.39, 0.29) is 0 Å². The Morgan fingerprint density at radius 3 is 3.07 bits per heavy atom. The highest BCUT2D eigenvalue weighted by molar-refractivity contribution is 7.99. The number of hydrogen-bond donors (Lipinski definition) is 1. The molecule has 2 atom stereocenters. The van der Waals surface area contributed by atoms with E-state index in [2.05, 4.69) is 18.3 Å². The van der Waals surface area contributed by atoms with Crippen molar-refractivity contribution in [3.63, 3.8) is 0 Å². The molecule has 3 heteroatoms. The molecule has 82 valence electrons. The van der Waals surface area contributed by atoms with Gasteiger partial charge in [-0.1, -0.05) is 23.7 Å². The van der Waals surface area contributed by atoms with Gasteiger partial charge >= 0.3 is 0 Å². The summed E-state index contributed by atoms with van der Waals surface area (Å²) >= 11 is 8.01. The molecule has 1 N–H and O–H groups in total. The highest BCUT2D eigenvalue weighted by atomic mass is 35.5. The zero-order valence-corrected chi connectivity index (χ0v) is 10.4. The average Bonchev–Trinajstić information content (AvgIpc) is 2.70. The standard InChI is InChI=1S/C12H16ClNS/c1-9(14-12-5-6-15-8-12)10-3-2-4-11(13)7-10/h2-4,7,9,12,14H,5-6,8H2,1H3/t9-,12?/m0/s1. The molecule has 0 aromatic heterocycles. The molecule has 1 aliphatic heterocycles. The van der Waals surface area contributed by atoms with Gasteiger partial charge in [0.15, 0.2) is 0 Å². The predicted molar refractivity (Wildman–Crippen MR) is 68.7 cm³/mol. The maximum absolute atomic E-state index is 5.97. The maximum atomic E-state index is 5.97. The Bertz CT molecular complexity index is 323. The van der Waals surface area contributed by atoms with E-state index in [1.165, 1.54) is 23.5 Å². The zero-order chi connectivity index (χ0) is 10.7. The summed E-state index contributed by atoms with van der Waals surface area (Å²) < 4.78 is 0. The van der Waals surface area contributed by atoms with Crippen LogP contribution in [0.25, 0.3) is 0 Å². The molecule has 1 aromatic rings. The largest absolute Gasteiger partial charge is 0.307 e. The van der Waals surface area contributed by atoms with Gasteiger partial charge in [0, 0.05) is 22.9 Å². The fourth-order valence-electron chi connectivity index (χ4n) is 1.89. The first-order valence-electron chi connectivity index (χ1n) is 5.35. The molecule has 2 rings (SSSR count). The zero-order valence-electron chi connectivity index (χ0n) is 8.87. The monoisotopic (exact) mass is 241 g/mol. The van der Waals surface area contributed by atoms with Crippen LogP contribution in [0.4, 0.5) is 0 Å². The van der Waals surface area contributed by atoms with Gasteiger partial charge in [-0.05, 0) is 36.8 Å². The highest BCUT2D eigenvalue weighted by Crippen LogP contribution is 2.22. The van der Waals surface area contributed by atoms with E-state index in [0.29, 0.717) is 12.1 Å². The second kappa shape index (κ2) is 5.24. The smallest absolute Gasteiger partial charge is 0.0409 e. The molecule has 1 aliphatic rings. The van der Waals surface area contributed by atoms with Gasteiger partial charge in [-0.3, -0.25) is 0 Å². The highest BCUT2D eigenvalue weighted by Gasteiger charge is 2.17. The Balaban J connectivity index is 1.97. The molecular weight excluding hydrogens is 226 g/mol. The second-order valence-corrected chi connectivity index (χ2v) is 5.59. The predicted octanol–water partition coefficient (Wildman–Crippen LogP) is 3.50. The molecule has 0 bridgehead atoms. The minimum absolute atomic E-state index is 0.396. The Labute approximate surface area is 101 Å². The van der Waals surface area contributed by atoms with Crippen molar-refractivity contribution in [2.45, 2.75) is 25.4 Å². The van der Waals surface area contributed by atoms with E-state index in [4.69, 9.17) is 11.6 Å². The number of benzene rings is 1. The third kappa shape index (κ3) is 3.13. The van der Waals surface area contributed by atoms with Crippen molar-refractivity contribution in [1.29, 1.82) is 0 Å². The fraction of sp³-hybridized carbons (Fsp3) is 0.500. The molecule has 0 spiro atoms. The van der Waals surface area contributed by atoms with Crippen LogP contribution in [0.2, 0.25) is 5.02 Å². The van der Waals surface area contributed by atoms with E-state index >= 15 is 0 Å². The normalized spacial score (nSPS) is 22.9. The van der Waals surface area contributed by atoms with Crippen molar-refractivity contribution in [3.05, 3.63) is 34.9 Å². The van der Waals surface area contributed by atoms with Crippen LogP contribution < -0.4 is 5.32 Å². The minimum Gasteiger partial charge on any atom is -0.307 e. The molecule has 1 aromatic carbocycles. The Kier molecular flexibility index (Phi) is 3.95. The summed E-state index contributed by atoms with van der Waals surface area (Å²) in [5, 5.41) is 4.46. The lowest BCUT2D eigenvalue weighted by Crippen LogP contribution is -2.31. The van der Waals surface area contributed by atoms with E-state index < -0.39 is 0 Å². The van der Waals surface area contributed by atoms with Gasteiger partial charge in [0.2, 0.25) is 0 Å². The molecular formula is C12H16ClNS. The summed E-state index contributed by atoms with van der Waals surface area (Å²) in [5.74, 6) is 2.53. The van der Waals surface area contributed by atoms with Crippen LogP contribution in [0.15, 0.2) is 24.3 Å². The van der Waals surface area contributed by atoms with Crippen LogP contribution in [0.1, 0.15) is 24.9 Å². The van der Waals surface area contributed by atoms with Crippen LogP contribution in [0, 0.1) is 0 Å². The lowest BCUT2D eigenvalue weighted by Gasteiger charge is -2.19. The van der Waals surface area contributed by atoms with Gasteiger partial charge in [-0.15, -0.1) is 0 Å². The summed E-state index contributed by atoms with van der Waals surface area (Å²) in [7, 11) is 0. The average molecular weight is 242 g/mol. The molecule has 0 saturated carbocycles. The Morgan fingerprint density at radius 1 is 1.53 bits per heavy atom. The first kappa shape index (κ1) is 11.3. The van der Waals surface area contributed by atoms with E-state index in [9.17, 15) is 0 Å². The molecule has 1 nitrogen and oxygen atoms in total. The summed E-state index contributed by atoms with van der Waals surface area (Å²) in [5.41, 5.74) is 1.28. The van der Waals surface area contributed by atoms with Gasteiger partial charge in [-0.25, -0.2) is 0 Å². The van der Waals surface area contributed by atoms with Gasteiger partial charge < -0.3 is 5.32 Å². The topological polar surface area (TPSA) is 12.0 Å². The number of nitrogens with one attached hydrogen (secondary N) is 1. The van der Waals surface area contributed by atoms with Crippen LogP contribution in [-0.4, -0.2) is 17.5 Å². The number of hydrogen-bond acceptors (Lipinski definition) is 2. The van der Waals surface area contributed by atoms with Gasteiger partial charge in [-0.2, -0.15) is 11.8 Å². The number of thioether (sulfide) groups is 1. The van der Waals surface area contributed by atoms with E-state index in [1.807, 2.05) is 30.0 Å². The lowest BCUT2D eigenvalue weighted by molar-refractivity contribution is 0.486. The molecule has 15 heavy (non-hydrogen) atoms. The van der Waals surface area contributed by atoms with Crippen molar-refractivity contribution < 1.29 is 0 Å². The molecule has 1 heterocycles. The Hall–Kier alpha value is -0.180. The molecule has 0 aliphatic carbocycles. The van der Waals surface area contributed by atoms with Crippen LogP contribution in [0.5, 0.6) is 0 Å². The number of rotatable bonds is 3. The third-order valence-corrected chi connectivity index (χ3v) is 4.16. The van der Waals surface area contributed by atoms with Crippen molar-refractivity contribution in [3.8, 4) is 0 Å². The minimum atomic E-state index is 0.396. The van der Waals surface area contributed by atoms with E-state index in [1.54, 1.807) is 0 Å². The van der Waals surface area contributed by atoms with E-state index in [0.717, 1.165) is 5.02 Å². The quantitative estimate of drug-likeness (QED) is 0.870. The molecule has 0 amide bonds. The first-order chi connectivity index (χ1) is 7.25. The third-order valence-electron chi connectivity index (χ3n) is 2.76. The molecule has 0 radical (unpaired) electrons. The summed E-state index contributed by atoms with van der Waals surface area (Å²) in [6.45, 7) is 2.20. The van der Waals surface area contributed by atoms with Crippen molar-refractivity contribution in [1.82, 2.24) is 5.32 Å². The molecule has 1 saturated heterocycles. The summed E-state index contributed by atoms with van der Waals surface area (Å²) in [6, 6.07) is 9.17. The summed E-state index contributed by atoms with van der Waals surface area (Å²) in [4.78, 5) is 0. The fourth-order valence-corrected chi connectivity index (χ4v) is 3.26. The lowest BCUT2D eigenvalue weighted by atomic mass is 10.1. The van der Waals surface area contributed by atoms with Crippen molar-refractivity contribution in [2.24, 2.45) is 0 Å². The van der Waals surface area contributed by atoms with Crippen molar-refractivity contribution >= 4 is 23.4 Å². The maximum Gasteiger partial charge on any atom is 0.0409 e. The molecule has 1 fully saturated rings. The van der Waals surface area contributed by atoms with Crippen LogP contribution >= 0.6 is 23.4 Å². The number of halogens is 1. The van der Waals surface area contributed by atoms with Crippen molar-refractivity contribution in [2.75, 3.05) is 11.5 Å². The van der Waals surface area contributed by atoms with Crippen LogP contribution in [0.3, 0.4) is 0 Å². The van der Waals surface area contributed by atoms with Crippen LogP contribution in [-0.2, 0) is 0 Å². The Morgan fingerprint density at radius 2 is 2.40 bits per heavy atom. The van der Waals surface area contributed by atoms with Gasteiger partial charge in [0.25, 0.3) is 0 Å². The second-order valence-electron chi connectivity index (χ2n) is 4.00. The van der Waals surface area contributed by atoms with Gasteiger partial charge in [0.05, 0.1) is 0 Å². The summed E-state index contributed by atoms with van der Waals surface area (Å²) in [6.07, 6.45) is 1.29. The first-order valence-corrected chi connectivity index (χ1v) is 6.88. The van der Waals surface area contributed by atoms with Gasteiger partial charge in [0.1, 0.15) is 0 Å².